The molecule has 0 bridgehead atoms. The SMILES string of the molecule is C[C@H]1CC=C(c2nc(C3=CC=CC=C=C3)nc(-c3ccccc3)n2)C=C(c2ccc3c4ccccc4n(-c4ccc(-c5ccc6c(c5)-c5ccccc5CCC(c5ccccc5)C6)cc4)c3c2)C1. The van der Waals surface area contributed by atoms with Gasteiger partial charge in [0.2, 0.25) is 0 Å². The lowest BCUT2D eigenvalue weighted by atomic mass is 9.79. The van der Waals surface area contributed by atoms with Crippen LogP contribution in [-0.2, 0) is 12.8 Å². The second-order valence-electron chi connectivity index (χ2n) is 18.5. The molecule has 12 rings (SSSR count). The number of nitrogens with zero attached hydrogens (tertiary/aromatic N) is 4. The van der Waals surface area contributed by atoms with Crippen LogP contribution in [0.15, 0.2) is 218 Å². The molecular formula is C64H50N4. The van der Waals surface area contributed by atoms with E-state index < -0.39 is 0 Å². The van der Waals surface area contributed by atoms with Gasteiger partial charge in [0.15, 0.2) is 17.5 Å². The van der Waals surface area contributed by atoms with Crippen LogP contribution in [0.25, 0.3) is 77.9 Å². The molecule has 4 nitrogen and oxygen atoms in total. The molecule has 9 aromatic rings. The van der Waals surface area contributed by atoms with E-state index in [1.807, 2.05) is 48.6 Å². The molecule has 68 heavy (non-hydrogen) atoms. The first-order valence-corrected chi connectivity index (χ1v) is 24.0. The zero-order valence-corrected chi connectivity index (χ0v) is 38.2. The normalized spacial score (nSPS) is 16.8. The molecule has 0 saturated heterocycles. The van der Waals surface area contributed by atoms with Crippen molar-refractivity contribution in [2.45, 2.75) is 44.9 Å². The van der Waals surface area contributed by atoms with Crippen LogP contribution in [0.4, 0.5) is 0 Å². The highest BCUT2D eigenvalue weighted by molar-refractivity contribution is 6.10. The van der Waals surface area contributed by atoms with Crippen LogP contribution >= 0.6 is 0 Å². The third-order valence-electron chi connectivity index (χ3n) is 14.1. The summed E-state index contributed by atoms with van der Waals surface area (Å²) >= 11 is 0. The molecule has 3 aliphatic rings. The van der Waals surface area contributed by atoms with Gasteiger partial charge in [0, 0.05) is 33.2 Å². The number of benzene rings is 7. The molecule has 0 amide bonds. The van der Waals surface area contributed by atoms with Crippen molar-refractivity contribution in [2.75, 3.05) is 0 Å². The number of allylic oxidation sites excluding steroid dienone is 9. The van der Waals surface area contributed by atoms with Gasteiger partial charge in [0.25, 0.3) is 0 Å². The number of aromatic nitrogens is 4. The fourth-order valence-electron chi connectivity index (χ4n) is 10.5. The summed E-state index contributed by atoms with van der Waals surface area (Å²) in [6.07, 6.45) is 19.6. The van der Waals surface area contributed by atoms with E-state index in [4.69, 9.17) is 15.0 Å². The quantitative estimate of drug-likeness (QED) is 0.150. The van der Waals surface area contributed by atoms with Crippen LogP contribution in [0.3, 0.4) is 0 Å². The summed E-state index contributed by atoms with van der Waals surface area (Å²) in [5, 5.41) is 2.48. The molecule has 2 aromatic heterocycles. The van der Waals surface area contributed by atoms with Crippen molar-refractivity contribution < 1.29 is 0 Å². The van der Waals surface area contributed by atoms with Gasteiger partial charge in [-0.3, -0.25) is 0 Å². The van der Waals surface area contributed by atoms with Crippen LogP contribution in [0, 0.1) is 5.92 Å². The number of aryl methyl sites for hydroxylation is 1. The van der Waals surface area contributed by atoms with Crippen molar-refractivity contribution in [3.8, 4) is 39.3 Å². The maximum absolute atomic E-state index is 5.13. The highest BCUT2D eigenvalue weighted by atomic mass is 15.0. The zero-order chi connectivity index (χ0) is 45.4. The summed E-state index contributed by atoms with van der Waals surface area (Å²) in [7, 11) is 0. The Morgan fingerprint density at radius 1 is 0.544 bits per heavy atom. The minimum absolute atomic E-state index is 0.432. The predicted molar refractivity (Wildman–Crippen MR) is 282 cm³/mol. The third kappa shape index (κ3) is 8.00. The van der Waals surface area contributed by atoms with Gasteiger partial charge in [-0.15, -0.1) is 5.73 Å². The maximum atomic E-state index is 5.13. The van der Waals surface area contributed by atoms with Gasteiger partial charge in [-0.05, 0) is 143 Å². The second-order valence-corrected chi connectivity index (χ2v) is 18.5. The van der Waals surface area contributed by atoms with Crippen LogP contribution in [0.2, 0.25) is 0 Å². The second kappa shape index (κ2) is 17.9. The molecule has 0 saturated carbocycles. The molecule has 2 atom stereocenters. The molecule has 0 spiro atoms. The van der Waals surface area contributed by atoms with Gasteiger partial charge >= 0.3 is 0 Å². The summed E-state index contributed by atoms with van der Waals surface area (Å²) in [5.41, 5.74) is 21.6. The Balaban J connectivity index is 0.921. The number of rotatable bonds is 7. The Labute approximate surface area is 398 Å². The Morgan fingerprint density at radius 2 is 1.26 bits per heavy atom. The Bertz CT molecular complexity index is 3580. The minimum Gasteiger partial charge on any atom is -0.309 e. The molecule has 3 aliphatic carbocycles. The number of para-hydroxylation sites is 1. The predicted octanol–water partition coefficient (Wildman–Crippen LogP) is 15.8. The molecule has 1 unspecified atom stereocenters. The number of hydrogen-bond donors (Lipinski definition) is 0. The molecular weight excluding hydrogens is 825 g/mol. The number of hydrogen-bond acceptors (Lipinski definition) is 3. The fourth-order valence-corrected chi connectivity index (χ4v) is 10.5. The van der Waals surface area contributed by atoms with Crippen LogP contribution < -0.4 is 0 Å². The number of fused-ring (bicyclic) bond motifs is 6. The van der Waals surface area contributed by atoms with Crippen molar-refractivity contribution in [3.63, 3.8) is 0 Å². The smallest absolute Gasteiger partial charge is 0.164 e. The monoisotopic (exact) mass is 874 g/mol. The molecule has 4 heteroatoms. The zero-order valence-electron chi connectivity index (χ0n) is 38.2. The molecule has 2 heterocycles. The van der Waals surface area contributed by atoms with E-state index in [1.54, 1.807) is 0 Å². The topological polar surface area (TPSA) is 43.6 Å². The average molecular weight is 875 g/mol. The Morgan fingerprint density at radius 3 is 2.13 bits per heavy atom. The summed E-state index contributed by atoms with van der Waals surface area (Å²) in [4.78, 5) is 15.2. The van der Waals surface area contributed by atoms with E-state index in [0.717, 1.165) is 54.5 Å². The van der Waals surface area contributed by atoms with Gasteiger partial charge in [0.1, 0.15) is 0 Å². The lowest BCUT2D eigenvalue weighted by Gasteiger charge is -2.25. The van der Waals surface area contributed by atoms with Crippen LogP contribution in [0.1, 0.15) is 66.0 Å². The largest absolute Gasteiger partial charge is 0.309 e. The lowest BCUT2D eigenvalue weighted by molar-refractivity contribution is 0.614. The highest BCUT2D eigenvalue weighted by Gasteiger charge is 2.23. The van der Waals surface area contributed by atoms with E-state index in [0.29, 0.717) is 29.3 Å². The standard InChI is InChI=1S/C64H50N4/c1-43-26-27-53(64-66-62(47-19-6-2-3-7-20-47)65-63(67-64)48-21-10-5-11-22-48)40-54(38-43)51-34-37-58-57-24-14-15-25-60(57)68(61(58)42-51)55-35-32-45(33-36-55)50-30-31-52-39-49(44-16-8-4-9-17-44)29-28-46-18-12-13-23-56(46)59(52)41-50/h2-6,8-25,27,30-37,40-43,49H,26,28-29,38-39H2,1H3/t43-,49?/m0/s1. The third-order valence-corrected chi connectivity index (χ3v) is 14.1. The molecule has 0 aliphatic heterocycles. The highest BCUT2D eigenvalue weighted by Crippen LogP contribution is 2.41. The van der Waals surface area contributed by atoms with Gasteiger partial charge in [-0.2, -0.15) is 0 Å². The van der Waals surface area contributed by atoms with E-state index in [9.17, 15) is 0 Å². The summed E-state index contributed by atoms with van der Waals surface area (Å²) < 4.78 is 2.44. The first-order chi connectivity index (χ1) is 33.6. The van der Waals surface area contributed by atoms with E-state index in [2.05, 4.69) is 181 Å². The van der Waals surface area contributed by atoms with Gasteiger partial charge < -0.3 is 4.57 Å². The first-order valence-electron chi connectivity index (χ1n) is 24.0. The maximum Gasteiger partial charge on any atom is 0.164 e. The van der Waals surface area contributed by atoms with Crippen molar-refractivity contribution in [1.29, 1.82) is 0 Å². The summed E-state index contributed by atoms with van der Waals surface area (Å²) in [6, 6.07) is 62.5. The average Bonchev–Trinajstić information content (AvgIpc) is 3.56. The summed E-state index contributed by atoms with van der Waals surface area (Å²) in [5.74, 6) is 2.88. The lowest BCUT2D eigenvalue weighted by Crippen LogP contribution is -2.09. The summed E-state index contributed by atoms with van der Waals surface area (Å²) in [6.45, 7) is 2.34. The van der Waals surface area contributed by atoms with Gasteiger partial charge in [-0.1, -0.05) is 171 Å². The van der Waals surface area contributed by atoms with Crippen LogP contribution in [0.5, 0.6) is 0 Å². The Kier molecular flexibility index (Phi) is 10.9. The molecule has 326 valence electrons. The van der Waals surface area contributed by atoms with Crippen LogP contribution in [-0.4, -0.2) is 19.5 Å². The molecule has 0 fully saturated rings. The van der Waals surface area contributed by atoms with E-state index >= 15 is 0 Å². The van der Waals surface area contributed by atoms with E-state index in [-0.39, 0.29) is 0 Å². The van der Waals surface area contributed by atoms with Crippen molar-refractivity contribution in [2.24, 2.45) is 5.92 Å². The van der Waals surface area contributed by atoms with Gasteiger partial charge in [0.05, 0.1) is 11.0 Å². The molecule has 7 aromatic carbocycles. The molecule has 0 radical (unpaired) electrons. The van der Waals surface area contributed by atoms with Crippen molar-refractivity contribution >= 4 is 38.5 Å². The van der Waals surface area contributed by atoms with Crippen molar-refractivity contribution in [3.05, 3.63) is 252 Å². The van der Waals surface area contributed by atoms with E-state index in [1.165, 1.54) is 71.9 Å². The van der Waals surface area contributed by atoms with Gasteiger partial charge in [-0.25, -0.2) is 15.0 Å². The fraction of sp³-hybridized carbons (Fsp3) is 0.125. The molecule has 0 N–H and O–H groups in total. The minimum atomic E-state index is 0.432. The van der Waals surface area contributed by atoms with Crippen molar-refractivity contribution in [1.82, 2.24) is 19.5 Å². The first kappa shape index (κ1) is 41.3. The Hall–Kier alpha value is -8.17.